The minimum Gasteiger partial charge on any atom is -0.378 e. The fraction of sp³-hybridized carbons (Fsp3) is 0.625. The molecule has 0 unspecified atom stereocenters. The molecular formula is C16H26N4O2. The van der Waals surface area contributed by atoms with Gasteiger partial charge >= 0.3 is 0 Å². The van der Waals surface area contributed by atoms with Gasteiger partial charge in [-0.1, -0.05) is 13.8 Å². The first kappa shape index (κ1) is 16.7. The maximum Gasteiger partial charge on any atom is 0.255 e. The van der Waals surface area contributed by atoms with Crippen molar-refractivity contribution >= 4 is 11.7 Å². The van der Waals surface area contributed by atoms with Crippen LogP contribution in [0.2, 0.25) is 0 Å². The van der Waals surface area contributed by atoms with Crippen molar-refractivity contribution in [2.75, 3.05) is 37.7 Å². The normalized spacial score (nSPS) is 15.7. The molecule has 0 aromatic carbocycles. The first-order chi connectivity index (χ1) is 10.6. The van der Waals surface area contributed by atoms with Gasteiger partial charge in [0.15, 0.2) is 0 Å². The Balaban J connectivity index is 2.09. The summed E-state index contributed by atoms with van der Waals surface area (Å²) in [6, 6.07) is 3.59. The molecule has 1 aromatic heterocycles. The summed E-state index contributed by atoms with van der Waals surface area (Å²) < 4.78 is 5.36. The van der Waals surface area contributed by atoms with Gasteiger partial charge < -0.3 is 20.7 Å². The van der Waals surface area contributed by atoms with Crippen LogP contribution < -0.4 is 16.0 Å². The molecule has 22 heavy (non-hydrogen) atoms. The number of carbonyl (C=O) groups is 1. The number of hydrogen-bond acceptors (Lipinski definition) is 5. The minimum absolute atomic E-state index is 0.119. The quantitative estimate of drug-likeness (QED) is 0.824. The van der Waals surface area contributed by atoms with Gasteiger partial charge in [-0.25, -0.2) is 4.98 Å². The van der Waals surface area contributed by atoms with Crippen LogP contribution in [0.3, 0.4) is 0 Å². The fourth-order valence-corrected chi connectivity index (χ4v) is 2.45. The van der Waals surface area contributed by atoms with Gasteiger partial charge in [0.2, 0.25) is 0 Å². The molecule has 0 saturated carbocycles. The van der Waals surface area contributed by atoms with Crippen molar-refractivity contribution in [2.24, 2.45) is 5.73 Å². The highest BCUT2D eigenvalue weighted by Gasteiger charge is 2.24. The molecule has 0 atom stereocenters. The number of aromatic nitrogens is 1. The molecule has 1 saturated heterocycles. The van der Waals surface area contributed by atoms with E-state index in [4.69, 9.17) is 10.5 Å². The molecule has 1 aliphatic rings. The molecule has 0 radical (unpaired) electrons. The molecule has 0 bridgehead atoms. The van der Waals surface area contributed by atoms with Crippen molar-refractivity contribution in [1.29, 1.82) is 0 Å². The van der Waals surface area contributed by atoms with Gasteiger partial charge in [-0.3, -0.25) is 4.79 Å². The van der Waals surface area contributed by atoms with Crippen molar-refractivity contribution < 1.29 is 9.53 Å². The lowest BCUT2D eigenvalue weighted by Crippen LogP contribution is -2.49. The second kappa shape index (κ2) is 7.56. The minimum atomic E-state index is -0.350. The van der Waals surface area contributed by atoms with E-state index in [1.807, 2.05) is 19.9 Å². The van der Waals surface area contributed by atoms with Gasteiger partial charge in [0.25, 0.3) is 5.91 Å². The zero-order chi connectivity index (χ0) is 16.0. The number of amides is 1. The van der Waals surface area contributed by atoms with Crippen molar-refractivity contribution in [1.82, 2.24) is 10.3 Å². The molecule has 1 fully saturated rings. The molecule has 0 aliphatic carbocycles. The first-order valence-corrected chi connectivity index (χ1v) is 7.94. The van der Waals surface area contributed by atoms with E-state index in [2.05, 4.69) is 15.2 Å². The maximum atomic E-state index is 12.5. The Bertz CT molecular complexity index is 497. The molecule has 2 rings (SSSR count). The van der Waals surface area contributed by atoms with E-state index in [0.29, 0.717) is 25.3 Å². The third kappa shape index (κ3) is 3.96. The Morgan fingerprint density at radius 3 is 2.73 bits per heavy atom. The van der Waals surface area contributed by atoms with Crippen LogP contribution in [0.15, 0.2) is 18.3 Å². The van der Waals surface area contributed by atoms with Gasteiger partial charge in [0.05, 0.1) is 18.8 Å². The topological polar surface area (TPSA) is 80.5 Å². The van der Waals surface area contributed by atoms with Gasteiger partial charge in [-0.2, -0.15) is 0 Å². The van der Waals surface area contributed by atoms with Crippen LogP contribution >= 0.6 is 0 Å². The second-order valence-corrected chi connectivity index (χ2v) is 5.73. The second-order valence-electron chi connectivity index (χ2n) is 5.73. The highest BCUT2D eigenvalue weighted by molar-refractivity contribution is 5.98. The standard InChI is InChI=1S/C16H26N4O2/c1-3-16(17,4-2)12-19-15(21)13-6-5-7-18-14(13)20-8-10-22-11-9-20/h5-7H,3-4,8-12,17H2,1-2H3,(H,19,21). The third-order valence-corrected chi connectivity index (χ3v) is 4.35. The van der Waals surface area contributed by atoms with E-state index in [1.165, 1.54) is 0 Å². The highest BCUT2D eigenvalue weighted by atomic mass is 16.5. The number of nitrogens with one attached hydrogen (secondary N) is 1. The lowest BCUT2D eigenvalue weighted by atomic mass is 9.94. The number of anilines is 1. The van der Waals surface area contributed by atoms with Crippen LogP contribution in [0.1, 0.15) is 37.0 Å². The Hall–Kier alpha value is -1.66. The van der Waals surface area contributed by atoms with Crippen LogP contribution in [0.25, 0.3) is 0 Å². The summed E-state index contributed by atoms with van der Waals surface area (Å²) in [6.07, 6.45) is 3.37. The largest absolute Gasteiger partial charge is 0.378 e. The summed E-state index contributed by atoms with van der Waals surface area (Å²) in [5.74, 6) is 0.602. The Morgan fingerprint density at radius 2 is 2.09 bits per heavy atom. The molecule has 2 heterocycles. The number of ether oxygens (including phenoxy) is 1. The van der Waals surface area contributed by atoms with E-state index < -0.39 is 0 Å². The van der Waals surface area contributed by atoms with Crippen molar-refractivity contribution in [3.63, 3.8) is 0 Å². The van der Waals surface area contributed by atoms with Gasteiger partial charge in [-0.15, -0.1) is 0 Å². The molecule has 1 amide bonds. The summed E-state index contributed by atoms with van der Waals surface area (Å²) in [4.78, 5) is 19.0. The number of pyridine rings is 1. The highest BCUT2D eigenvalue weighted by Crippen LogP contribution is 2.19. The Kier molecular flexibility index (Phi) is 5.74. The van der Waals surface area contributed by atoms with E-state index in [9.17, 15) is 4.79 Å². The van der Waals surface area contributed by atoms with E-state index >= 15 is 0 Å². The van der Waals surface area contributed by atoms with Crippen molar-refractivity contribution in [3.05, 3.63) is 23.9 Å². The van der Waals surface area contributed by atoms with E-state index in [-0.39, 0.29) is 11.4 Å². The average Bonchev–Trinajstić information content (AvgIpc) is 2.60. The summed E-state index contributed by atoms with van der Waals surface area (Å²) >= 11 is 0. The van der Waals surface area contributed by atoms with Gasteiger partial charge in [-0.05, 0) is 25.0 Å². The number of hydrogen-bond donors (Lipinski definition) is 2. The number of nitrogens with zero attached hydrogens (tertiary/aromatic N) is 2. The Morgan fingerprint density at radius 1 is 1.41 bits per heavy atom. The zero-order valence-electron chi connectivity index (χ0n) is 13.5. The molecular weight excluding hydrogens is 280 g/mol. The lowest BCUT2D eigenvalue weighted by Gasteiger charge is -2.30. The van der Waals surface area contributed by atoms with Crippen LogP contribution in [0.4, 0.5) is 5.82 Å². The maximum absolute atomic E-state index is 12.5. The molecule has 3 N–H and O–H groups in total. The summed E-state index contributed by atoms with van der Waals surface area (Å²) in [5, 5.41) is 2.96. The monoisotopic (exact) mass is 306 g/mol. The van der Waals surface area contributed by atoms with Gasteiger partial charge in [0, 0.05) is 31.4 Å². The smallest absolute Gasteiger partial charge is 0.255 e. The SMILES string of the molecule is CCC(N)(CC)CNC(=O)c1cccnc1N1CCOCC1. The van der Waals surface area contributed by atoms with Crippen LogP contribution in [0.5, 0.6) is 0 Å². The summed E-state index contributed by atoms with van der Waals surface area (Å²) in [6.45, 7) is 7.38. The molecule has 122 valence electrons. The Labute approximate surface area is 132 Å². The fourth-order valence-electron chi connectivity index (χ4n) is 2.45. The first-order valence-electron chi connectivity index (χ1n) is 7.94. The number of nitrogens with two attached hydrogens (primary N) is 1. The predicted octanol–water partition coefficient (Wildman–Crippen LogP) is 1.17. The molecule has 1 aliphatic heterocycles. The zero-order valence-corrected chi connectivity index (χ0v) is 13.5. The molecule has 1 aromatic rings. The van der Waals surface area contributed by atoms with E-state index in [0.717, 1.165) is 31.7 Å². The summed E-state index contributed by atoms with van der Waals surface area (Å²) in [5.41, 5.74) is 6.49. The summed E-state index contributed by atoms with van der Waals surface area (Å²) in [7, 11) is 0. The van der Waals surface area contributed by atoms with E-state index in [1.54, 1.807) is 12.3 Å². The average molecular weight is 306 g/mol. The van der Waals surface area contributed by atoms with Crippen LogP contribution in [-0.4, -0.2) is 49.3 Å². The van der Waals surface area contributed by atoms with Gasteiger partial charge in [0.1, 0.15) is 5.82 Å². The van der Waals surface area contributed by atoms with Crippen molar-refractivity contribution in [2.45, 2.75) is 32.2 Å². The van der Waals surface area contributed by atoms with Crippen LogP contribution in [0, 0.1) is 0 Å². The van der Waals surface area contributed by atoms with Crippen LogP contribution in [-0.2, 0) is 4.74 Å². The molecule has 6 heteroatoms. The predicted molar refractivity (Wildman–Crippen MR) is 87.1 cm³/mol. The molecule has 6 nitrogen and oxygen atoms in total. The lowest BCUT2D eigenvalue weighted by molar-refractivity contribution is 0.0940. The number of carbonyl (C=O) groups excluding carboxylic acids is 1. The van der Waals surface area contributed by atoms with Crippen molar-refractivity contribution in [3.8, 4) is 0 Å². The third-order valence-electron chi connectivity index (χ3n) is 4.35. The molecule has 0 spiro atoms. The number of morpholine rings is 1. The number of rotatable bonds is 6.